The number of furan rings is 1. The Balaban J connectivity index is 0.000000209. The summed E-state index contributed by atoms with van der Waals surface area (Å²) in [6.45, 7) is -2.09. The van der Waals surface area contributed by atoms with Gasteiger partial charge in [0, 0.05) is 50.8 Å². The largest absolute Gasteiger partial charge is 0.500 e. The molecule has 0 saturated heterocycles. The Morgan fingerprint density at radius 3 is 2.44 bits per heavy atom. The molecule has 203 valence electrons. The van der Waals surface area contributed by atoms with Gasteiger partial charge in [0.25, 0.3) is 0 Å². The van der Waals surface area contributed by atoms with E-state index < -0.39 is 13.2 Å². The molecule has 1 radical (unpaired) electrons. The summed E-state index contributed by atoms with van der Waals surface area (Å²) >= 11 is 0. The van der Waals surface area contributed by atoms with Crippen LogP contribution in [0.2, 0.25) is 0 Å². The Morgan fingerprint density at radius 2 is 1.66 bits per heavy atom. The van der Waals surface area contributed by atoms with E-state index in [9.17, 15) is 4.39 Å². The molecule has 7 rings (SSSR count). The van der Waals surface area contributed by atoms with Gasteiger partial charge in [-0.2, -0.15) is 0 Å². The van der Waals surface area contributed by atoms with E-state index in [0.29, 0.717) is 28.0 Å². The Morgan fingerprint density at radius 1 is 0.780 bits per heavy atom. The monoisotopic (exact) mass is 718 g/mol. The fraction of sp³-hybridized carbons (Fsp3) is 0.0556. The third-order valence-electron chi connectivity index (χ3n) is 6.21. The van der Waals surface area contributed by atoms with Gasteiger partial charge in [0.2, 0.25) is 0 Å². The number of hydrogen-bond acceptors (Lipinski definition) is 3. The first kappa shape index (κ1) is 22.3. The van der Waals surface area contributed by atoms with Crippen LogP contribution in [0.3, 0.4) is 0 Å². The zero-order chi connectivity index (χ0) is 31.6. The summed E-state index contributed by atoms with van der Waals surface area (Å²) in [6, 6.07) is 37.5. The van der Waals surface area contributed by atoms with Crippen molar-refractivity contribution in [3.05, 3.63) is 156 Å². The van der Waals surface area contributed by atoms with Crippen molar-refractivity contribution in [1.29, 1.82) is 0 Å². The molecule has 41 heavy (non-hydrogen) atoms. The third kappa shape index (κ3) is 6.66. The Hall–Kier alpha value is -4.44. The number of benzene rings is 4. The standard InChI is InChI=1S/C24H15FNO.C12H10N.Ir/c25-19-7-8-20-21-14-18(6-9-23(21)27-24(20)15-19)22-13-17(10-11-26-22)12-16-4-2-1-3-5-16;1-10-7-8-12(13-9-10)11-5-3-2-4-6-11;/h1-5,7-11,13-15H,12H2;2-5,7-9H,1H3;/q2*-1;/i12D2;1D3;. The van der Waals surface area contributed by atoms with Crippen LogP contribution in [0, 0.1) is 24.8 Å². The summed E-state index contributed by atoms with van der Waals surface area (Å²) in [5.41, 5.74) is 5.37. The molecule has 0 fully saturated rings. The minimum Gasteiger partial charge on any atom is -0.500 e. The number of rotatable bonds is 4. The summed E-state index contributed by atoms with van der Waals surface area (Å²) < 4.78 is 58.1. The van der Waals surface area contributed by atoms with Gasteiger partial charge in [0.15, 0.2) is 0 Å². The zero-order valence-electron chi connectivity index (χ0n) is 26.6. The number of halogens is 1. The minimum absolute atomic E-state index is 0. The normalized spacial score (nSPS) is 13.0. The number of nitrogens with zero attached hydrogens (tertiary/aromatic N) is 2. The van der Waals surface area contributed by atoms with Gasteiger partial charge in [-0.3, -0.25) is 0 Å². The maximum Gasteiger partial charge on any atom is 0.126 e. The molecule has 0 atom stereocenters. The summed E-state index contributed by atoms with van der Waals surface area (Å²) in [4.78, 5) is 8.54. The van der Waals surface area contributed by atoms with Crippen molar-refractivity contribution in [2.45, 2.75) is 13.2 Å². The van der Waals surface area contributed by atoms with Crippen LogP contribution >= 0.6 is 0 Å². The van der Waals surface area contributed by atoms with E-state index in [2.05, 4.69) is 22.1 Å². The SMILES string of the molecule is [2H]C([2H])([2H])c1ccc(-c2[c-]cccc2)nc1.[2H]C([2H])(c1ccccc1)c1ccnc(-c2[c-]cc3oc4cc(F)ccc4c3c2)c1.[Ir]. The van der Waals surface area contributed by atoms with Crippen molar-refractivity contribution in [3.8, 4) is 22.5 Å². The van der Waals surface area contributed by atoms with Crippen LogP contribution in [0.15, 0.2) is 126 Å². The van der Waals surface area contributed by atoms with Crippen LogP contribution in [-0.4, -0.2) is 9.97 Å². The van der Waals surface area contributed by atoms with Crippen molar-refractivity contribution in [3.63, 3.8) is 0 Å². The smallest absolute Gasteiger partial charge is 0.126 e. The quantitative estimate of drug-likeness (QED) is 0.171. The first-order chi connectivity index (χ1) is 21.6. The number of hydrogen-bond donors (Lipinski definition) is 0. The molecule has 4 aromatic carbocycles. The van der Waals surface area contributed by atoms with E-state index in [1.807, 2.05) is 42.5 Å². The molecule has 0 bridgehead atoms. The second kappa shape index (κ2) is 12.8. The van der Waals surface area contributed by atoms with Gasteiger partial charge >= 0.3 is 0 Å². The summed E-state index contributed by atoms with van der Waals surface area (Å²) in [6.07, 6.45) is 1.35. The molecule has 3 nitrogen and oxygen atoms in total. The fourth-order valence-corrected chi connectivity index (χ4v) is 4.29. The van der Waals surface area contributed by atoms with E-state index in [0.717, 1.165) is 27.6 Å². The average Bonchev–Trinajstić information content (AvgIpc) is 3.42. The van der Waals surface area contributed by atoms with Crippen molar-refractivity contribution in [2.75, 3.05) is 0 Å². The molecule has 3 aromatic heterocycles. The van der Waals surface area contributed by atoms with Gasteiger partial charge in [-0.05, 0) is 59.5 Å². The first-order valence-electron chi connectivity index (χ1n) is 15.1. The maximum absolute atomic E-state index is 13.5. The van der Waals surface area contributed by atoms with Gasteiger partial charge in [-0.1, -0.05) is 53.9 Å². The van der Waals surface area contributed by atoms with Crippen molar-refractivity contribution >= 4 is 21.9 Å². The molecule has 0 unspecified atom stereocenters. The van der Waals surface area contributed by atoms with Crippen molar-refractivity contribution in [2.24, 2.45) is 0 Å². The summed E-state index contributed by atoms with van der Waals surface area (Å²) in [5.74, 6) is -0.349. The van der Waals surface area contributed by atoms with Crippen LogP contribution in [0.1, 0.15) is 23.5 Å². The Labute approximate surface area is 259 Å². The molecule has 0 aliphatic carbocycles. The third-order valence-corrected chi connectivity index (χ3v) is 6.21. The molecule has 0 saturated carbocycles. The molecular formula is C36H25FIrN2O-2. The first-order valence-corrected chi connectivity index (χ1v) is 12.6. The van der Waals surface area contributed by atoms with Crippen LogP contribution in [-0.2, 0) is 26.5 Å². The van der Waals surface area contributed by atoms with Gasteiger partial charge in [0.05, 0.1) is 5.58 Å². The second-order valence-electron chi connectivity index (χ2n) is 9.00. The number of pyridine rings is 2. The molecular weight excluding hydrogens is 688 g/mol. The van der Waals surface area contributed by atoms with E-state index >= 15 is 0 Å². The maximum atomic E-state index is 13.5. The predicted octanol–water partition coefficient (Wildman–Crippen LogP) is 9.03. The predicted molar refractivity (Wildman–Crippen MR) is 158 cm³/mol. The molecule has 0 aliphatic rings. The van der Waals surface area contributed by atoms with Crippen LogP contribution < -0.4 is 0 Å². The van der Waals surface area contributed by atoms with Crippen LogP contribution in [0.4, 0.5) is 4.39 Å². The minimum atomic E-state index is -2.09. The molecule has 0 spiro atoms. The van der Waals surface area contributed by atoms with Crippen LogP contribution in [0.25, 0.3) is 44.5 Å². The van der Waals surface area contributed by atoms with E-state index in [-0.39, 0.29) is 31.5 Å². The number of aromatic nitrogens is 2. The van der Waals surface area contributed by atoms with Crippen LogP contribution in [0.5, 0.6) is 0 Å². The Kier molecular flexibility index (Phi) is 6.96. The van der Waals surface area contributed by atoms with Crippen molar-refractivity contribution in [1.82, 2.24) is 9.97 Å². The molecule has 3 heterocycles. The van der Waals surface area contributed by atoms with Gasteiger partial charge < -0.3 is 14.4 Å². The zero-order valence-corrected chi connectivity index (χ0v) is 24.0. The molecule has 0 amide bonds. The molecule has 5 heteroatoms. The number of aryl methyl sites for hydroxylation is 1. The topological polar surface area (TPSA) is 38.9 Å². The molecule has 0 N–H and O–H groups in total. The van der Waals surface area contributed by atoms with E-state index in [4.69, 9.17) is 11.3 Å². The van der Waals surface area contributed by atoms with E-state index in [1.54, 1.807) is 60.8 Å². The molecule has 7 aromatic rings. The van der Waals surface area contributed by atoms with Crippen molar-refractivity contribution < 1.29 is 35.8 Å². The van der Waals surface area contributed by atoms with Gasteiger partial charge in [-0.25, -0.2) is 4.39 Å². The second-order valence-corrected chi connectivity index (χ2v) is 9.00. The fourth-order valence-electron chi connectivity index (χ4n) is 4.29. The van der Waals surface area contributed by atoms with Gasteiger partial charge in [-0.15, -0.1) is 59.7 Å². The molecule has 0 aliphatic heterocycles. The van der Waals surface area contributed by atoms with Gasteiger partial charge in [0.1, 0.15) is 11.4 Å². The summed E-state index contributed by atoms with van der Waals surface area (Å²) in [5, 5.41) is 1.65. The average molecular weight is 718 g/mol. The Bertz CT molecular complexity index is 2080. The van der Waals surface area contributed by atoms with E-state index in [1.165, 1.54) is 18.3 Å². The number of fused-ring (bicyclic) bond motifs is 3. The summed E-state index contributed by atoms with van der Waals surface area (Å²) in [7, 11) is 0.